The van der Waals surface area contributed by atoms with Crippen LogP contribution >= 0.6 is 0 Å². The van der Waals surface area contributed by atoms with Gasteiger partial charge >= 0.3 is 6.09 Å². The summed E-state index contributed by atoms with van der Waals surface area (Å²) in [5.74, 6) is 0. The molecule has 0 fully saturated rings. The Morgan fingerprint density at radius 1 is 1.27 bits per heavy atom. The number of carboxylic acid groups (broad SMARTS) is 1. The summed E-state index contributed by atoms with van der Waals surface area (Å²) in [5.41, 5.74) is 2.74. The van der Waals surface area contributed by atoms with Gasteiger partial charge in [0.15, 0.2) is 0 Å². The van der Waals surface area contributed by atoms with Gasteiger partial charge in [0.05, 0.1) is 5.69 Å². The summed E-state index contributed by atoms with van der Waals surface area (Å²) in [6.45, 7) is 2.00. The maximum absolute atomic E-state index is 10.6. The molecule has 1 heterocycles. The number of hydrogen-bond donors (Lipinski definition) is 1. The molecule has 4 nitrogen and oxygen atoms in total. The fourth-order valence-corrected chi connectivity index (χ4v) is 1.31. The lowest BCUT2D eigenvalue weighted by Gasteiger charge is -1.96. The fourth-order valence-electron chi connectivity index (χ4n) is 1.31. The number of hydrogen-bond acceptors (Lipinski definition) is 2. The van der Waals surface area contributed by atoms with Crippen LogP contribution in [-0.2, 0) is 0 Å². The molecule has 1 N–H and O–H groups in total. The zero-order valence-corrected chi connectivity index (χ0v) is 8.21. The van der Waals surface area contributed by atoms with Gasteiger partial charge in [0.1, 0.15) is 0 Å². The van der Waals surface area contributed by atoms with Crippen molar-refractivity contribution in [3.8, 4) is 11.3 Å². The van der Waals surface area contributed by atoms with Crippen molar-refractivity contribution in [1.82, 2.24) is 9.78 Å². The first-order valence-corrected chi connectivity index (χ1v) is 4.53. The predicted molar refractivity (Wildman–Crippen MR) is 55.8 cm³/mol. The van der Waals surface area contributed by atoms with Crippen LogP contribution in [0.2, 0.25) is 0 Å². The summed E-state index contributed by atoms with van der Waals surface area (Å²) in [6.07, 6.45) is 0.353. The molecule has 1 aromatic heterocycles. The summed E-state index contributed by atoms with van der Waals surface area (Å²) in [6, 6.07) is 9.46. The highest BCUT2D eigenvalue weighted by molar-refractivity contribution is 5.69. The van der Waals surface area contributed by atoms with Gasteiger partial charge in [0.25, 0.3) is 0 Å². The number of aromatic nitrogens is 2. The molecule has 76 valence electrons. The van der Waals surface area contributed by atoms with E-state index in [0.29, 0.717) is 5.69 Å². The van der Waals surface area contributed by atoms with Crippen LogP contribution in [0.5, 0.6) is 0 Å². The summed E-state index contributed by atoms with van der Waals surface area (Å²) in [5, 5.41) is 12.6. The van der Waals surface area contributed by atoms with Crippen LogP contribution in [0.1, 0.15) is 5.56 Å². The molecule has 0 spiro atoms. The monoisotopic (exact) mass is 202 g/mol. The third-order valence-corrected chi connectivity index (χ3v) is 2.13. The highest BCUT2D eigenvalue weighted by atomic mass is 16.4. The van der Waals surface area contributed by atoms with E-state index in [-0.39, 0.29) is 0 Å². The molecular formula is C11H10N2O2. The molecule has 2 aromatic rings. The lowest BCUT2D eigenvalue weighted by Crippen LogP contribution is -2.07. The van der Waals surface area contributed by atoms with Gasteiger partial charge < -0.3 is 5.11 Å². The lowest BCUT2D eigenvalue weighted by atomic mass is 10.1. The van der Waals surface area contributed by atoms with Crippen molar-refractivity contribution in [2.45, 2.75) is 6.92 Å². The molecule has 0 amide bonds. The van der Waals surface area contributed by atoms with Gasteiger partial charge in [-0.3, -0.25) is 0 Å². The van der Waals surface area contributed by atoms with E-state index < -0.39 is 6.09 Å². The first kappa shape index (κ1) is 9.45. The maximum Gasteiger partial charge on any atom is 0.432 e. The molecular weight excluding hydrogens is 192 g/mol. The average molecular weight is 202 g/mol. The van der Waals surface area contributed by atoms with E-state index in [4.69, 9.17) is 5.11 Å². The fraction of sp³-hybridized carbons (Fsp3) is 0.0909. The molecule has 0 unspecified atom stereocenters. The van der Waals surface area contributed by atoms with Crippen molar-refractivity contribution in [2.24, 2.45) is 0 Å². The lowest BCUT2D eigenvalue weighted by molar-refractivity contribution is 0.192. The van der Waals surface area contributed by atoms with E-state index in [9.17, 15) is 4.79 Å². The average Bonchev–Trinajstić information content (AvgIpc) is 2.68. The first-order chi connectivity index (χ1) is 7.16. The van der Waals surface area contributed by atoms with Gasteiger partial charge in [-0.2, -0.15) is 9.78 Å². The minimum absolute atomic E-state index is 0.664. The number of nitrogens with zero attached hydrogens (tertiary/aromatic N) is 2. The Morgan fingerprint density at radius 3 is 2.47 bits per heavy atom. The Balaban J connectivity index is 2.37. The molecule has 0 aliphatic carbocycles. The Labute approximate surface area is 86.8 Å². The molecule has 0 saturated carbocycles. The van der Waals surface area contributed by atoms with E-state index in [1.54, 1.807) is 6.07 Å². The normalized spacial score (nSPS) is 10.2. The molecule has 0 radical (unpaired) electrons. The zero-order valence-electron chi connectivity index (χ0n) is 8.21. The van der Waals surface area contributed by atoms with Crippen molar-refractivity contribution in [1.29, 1.82) is 0 Å². The van der Waals surface area contributed by atoms with Gasteiger partial charge in [-0.25, -0.2) is 4.79 Å². The van der Waals surface area contributed by atoms with Crippen molar-refractivity contribution in [3.05, 3.63) is 42.1 Å². The van der Waals surface area contributed by atoms with E-state index in [2.05, 4.69) is 5.10 Å². The topological polar surface area (TPSA) is 55.1 Å². The number of rotatable bonds is 1. The van der Waals surface area contributed by atoms with Crippen LogP contribution in [0, 0.1) is 6.92 Å². The molecule has 0 aliphatic rings. The molecule has 15 heavy (non-hydrogen) atoms. The van der Waals surface area contributed by atoms with Crippen molar-refractivity contribution < 1.29 is 9.90 Å². The van der Waals surface area contributed by atoms with Crippen LogP contribution in [0.25, 0.3) is 11.3 Å². The van der Waals surface area contributed by atoms with Gasteiger partial charge in [0, 0.05) is 11.8 Å². The van der Waals surface area contributed by atoms with E-state index in [1.807, 2.05) is 31.2 Å². The summed E-state index contributed by atoms with van der Waals surface area (Å²) in [4.78, 5) is 10.6. The smallest absolute Gasteiger partial charge is 0.432 e. The third-order valence-electron chi connectivity index (χ3n) is 2.13. The minimum atomic E-state index is -1.08. The zero-order chi connectivity index (χ0) is 10.8. The Kier molecular flexibility index (Phi) is 2.25. The minimum Gasteiger partial charge on any atom is -0.463 e. The van der Waals surface area contributed by atoms with E-state index in [0.717, 1.165) is 15.8 Å². The highest BCUT2D eigenvalue weighted by Crippen LogP contribution is 2.16. The number of benzene rings is 1. The van der Waals surface area contributed by atoms with Crippen molar-refractivity contribution in [3.63, 3.8) is 0 Å². The van der Waals surface area contributed by atoms with Crippen LogP contribution in [-0.4, -0.2) is 21.0 Å². The largest absolute Gasteiger partial charge is 0.463 e. The summed E-state index contributed by atoms with van der Waals surface area (Å²) >= 11 is 0. The molecule has 4 heteroatoms. The van der Waals surface area contributed by atoms with Crippen molar-refractivity contribution >= 4 is 6.09 Å². The molecule has 1 aromatic carbocycles. The van der Waals surface area contributed by atoms with Crippen LogP contribution in [0.15, 0.2) is 36.5 Å². The molecule has 0 aliphatic heterocycles. The van der Waals surface area contributed by atoms with Crippen LogP contribution in [0.4, 0.5) is 4.79 Å². The second-order valence-corrected chi connectivity index (χ2v) is 3.29. The standard InChI is InChI=1S/C11H10N2O2/c1-8-2-4-9(5-3-8)10-6-7-13(12-10)11(14)15/h2-7H,1H3,(H,14,15). The molecule has 0 saturated heterocycles. The molecule has 0 bridgehead atoms. The van der Waals surface area contributed by atoms with Crippen molar-refractivity contribution in [2.75, 3.05) is 0 Å². The Hall–Kier alpha value is -2.10. The van der Waals surface area contributed by atoms with Gasteiger partial charge in [0.2, 0.25) is 0 Å². The van der Waals surface area contributed by atoms with Gasteiger partial charge in [-0.1, -0.05) is 29.8 Å². The van der Waals surface area contributed by atoms with Gasteiger partial charge in [-0.15, -0.1) is 0 Å². The highest BCUT2D eigenvalue weighted by Gasteiger charge is 2.05. The summed E-state index contributed by atoms with van der Waals surface area (Å²) in [7, 11) is 0. The van der Waals surface area contributed by atoms with E-state index in [1.165, 1.54) is 6.20 Å². The SMILES string of the molecule is Cc1ccc(-c2ccn(C(=O)O)n2)cc1. The predicted octanol–water partition coefficient (Wildman–Crippen LogP) is 2.38. The molecule has 0 atom stereocenters. The quantitative estimate of drug-likeness (QED) is 0.772. The Bertz CT molecular complexity index is 486. The second kappa shape index (κ2) is 3.57. The summed E-state index contributed by atoms with van der Waals surface area (Å²) < 4.78 is 0.898. The Morgan fingerprint density at radius 2 is 1.93 bits per heavy atom. The van der Waals surface area contributed by atoms with Crippen LogP contribution in [0.3, 0.4) is 0 Å². The maximum atomic E-state index is 10.6. The van der Waals surface area contributed by atoms with E-state index >= 15 is 0 Å². The molecule has 2 rings (SSSR count). The van der Waals surface area contributed by atoms with Crippen LogP contribution < -0.4 is 0 Å². The van der Waals surface area contributed by atoms with Gasteiger partial charge in [-0.05, 0) is 13.0 Å². The number of aryl methyl sites for hydroxylation is 1. The number of carbonyl (C=O) groups is 1. The first-order valence-electron chi connectivity index (χ1n) is 4.53. The third kappa shape index (κ3) is 1.88. The second-order valence-electron chi connectivity index (χ2n) is 3.29.